The number of hydrogen-bond donors (Lipinski definition) is 3. The number of rotatable bonds is 11. The Labute approximate surface area is 183 Å². The molecule has 0 radical (unpaired) electrons. The van der Waals surface area contributed by atoms with Crippen molar-refractivity contribution in [2.24, 2.45) is 0 Å². The highest BCUT2D eigenvalue weighted by molar-refractivity contribution is 5.79. The van der Waals surface area contributed by atoms with Crippen LogP contribution in [0.25, 0.3) is 0 Å². The molecule has 0 aliphatic rings. The minimum Gasteiger partial charge on any atom is -0.369 e. The van der Waals surface area contributed by atoms with Crippen molar-refractivity contribution >= 4 is 29.8 Å². The smallest absolute Gasteiger partial charge is 0.239 e. The zero-order valence-corrected chi connectivity index (χ0v) is 18.4. The monoisotopic (exact) mass is 422 g/mol. The fourth-order valence-corrected chi connectivity index (χ4v) is 2.56. The Kier molecular flexibility index (Phi) is 9.82. The van der Waals surface area contributed by atoms with Gasteiger partial charge in [0.25, 0.3) is 0 Å². The standard InChI is InChI=1S/C23H30N6O2/c1-4-13-25-22-19(8-6-5-7-14-24-21(31)16-29(3)17-30)15-26-23(28-22)27-20-11-9-18(2)10-12-20/h9-12,15,17H,4-5,7,13-14,16H2,1-3H3,(H,24,31)(H2,25,26,27,28). The van der Waals surface area contributed by atoms with Gasteiger partial charge < -0.3 is 20.9 Å². The summed E-state index contributed by atoms with van der Waals surface area (Å²) in [7, 11) is 1.56. The summed E-state index contributed by atoms with van der Waals surface area (Å²) in [6.45, 7) is 5.49. The molecule has 8 nitrogen and oxygen atoms in total. The van der Waals surface area contributed by atoms with Gasteiger partial charge in [-0.05, 0) is 31.9 Å². The Morgan fingerprint density at radius 1 is 1.23 bits per heavy atom. The van der Waals surface area contributed by atoms with E-state index >= 15 is 0 Å². The molecule has 0 atom stereocenters. The van der Waals surface area contributed by atoms with Crippen LogP contribution in [0.15, 0.2) is 30.5 Å². The van der Waals surface area contributed by atoms with Crippen LogP contribution in [0.5, 0.6) is 0 Å². The fourth-order valence-electron chi connectivity index (χ4n) is 2.56. The SMILES string of the molecule is CCCNc1nc(Nc2ccc(C)cc2)ncc1C#CCCCNC(=O)CN(C)C=O. The van der Waals surface area contributed by atoms with E-state index in [1.165, 1.54) is 10.5 Å². The minimum absolute atomic E-state index is 0.0575. The molecule has 3 N–H and O–H groups in total. The Morgan fingerprint density at radius 2 is 2.00 bits per heavy atom. The number of carbonyl (C=O) groups is 2. The van der Waals surface area contributed by atoms with Crippen LogP contribution in [-0.2, 0) is 9.59 Å². The third-order valence-corrected chi connectivity index (χ3v) is 4.24. The zero-order chi connectivity index (χ0) is 22.5. The second-order valence-electron chi connectivity index (χ2n) is 7.15. The molecule has 1 aromatic carbocycles. The number of aromatic nitrogens is 2. The molecule has 2 aromatic rings. The second kappa shape index (κ2) is 12.9. The van der Waals surface area contributed by atoms with Gasteiger partial charge in [0.15, 0.2) is 0 Å². The zero-order valence-electron chi connectivity index (χ0n) is 18.4. The summed E-state index contributed by atoms with van der Waals surface area (Å²) in [6.07, 6.45) is 4.65. The number of aryl methyl sites for hydroxylation is 1. The van der Waals surface area contributed by atoms with E-state index in [0.717, 1.165) is 30.6 Å². The van der Waals surface area contributed by atoms with Crippen LogP contribution >= 0.6 is 0 Å². The molecular formula is C23H30N6O2. The predicted molar refractivity (Wildman–Crippen MR) is 123 cm³/mol. The Hall–Kier alpha value is -3.60. The maximum atomic E-state index is 11.6. The number of nitrogens with zero attached hydrogens (tertiary/aromatic N) is 3. The van der Waals surface area contributed by atoms with Crippen molar-refractivity contribution in [1.82, 2.24) is 20.2 Å². The summed E-state index contributed by atoms with van der Waals surface area (Å²) < 4.78 is 0. The van der Waals surface area contributed by atoms with Gasteiger partial charge in [0.05, 0.1) is 18.3 Å². The van der Waals surface area contributed by atoms with E-state index in [4.69, 9.17) is 0 Å². The molecule has 1 aromatic heterocycles. The van der Waals surface area contributed by atoms with E-state index in [0.29, 0.717) is 31.1 Å². The van der Waals surface area contributed by atoms with Crippen molar-refractivity contribution in [3.8, 4) is 11.8 Å². The third kappa shape index (κ3) is 8.74. The van der Waals surface area contributed by atoms with Gasteiger partial charge in [0.2, 0.25) is 18.3 Å². The van der Waals surface area contributed by atoms with Crippen molar-refractivity contribution in [2.75, 3.05) is 37.3 Å². The van der Waals surface area contributed by atoms with Crippen LogP contribution in [0.3, 0.4) is 0 Å². The number of unbranched alkanes of at least 4 members (excludes halogenated alkanes) is 1. The van der Waals surface area contributed by atoms with E-state index in [2.05, 4.69) is 44.7 Å². The van der Waals surface area contributed by atoms with Crippen molar-refractivity contribution < 1.29 is 9.59 Å². The first-order chi connectivity index (χ1) is 15.0. The van der Waals surface area contributed by atoms with Crippen LogP contribution in [0, 0.1) is 18.8 Å². The molecule has 0 spiro atoms. The highest BCUT2D eigenvalue weighted by atomic mass is 16.2. The first kappa shape index (κ1) is 23.7. The van der Waals surface area contributed by atoms with E-state index in [1.807, 2.05) is 31.2 Å². The summed E-state index contributed by atoms with van der Waals surface area (Å²) in [4.78, 5) is 32.4. The normalized spacial score (nSPS) is 9.90. The largest absolute Gasteiger partial charge is 0.369 e. The van der Waals surface area contributed by atoms with Crippen LogP contribution in [-0.4, -0.2) is 53.9 Å². The van der Waals surface area contributed by atoms with Crippen molar-refractivity contribution in [3.63, 3.8) is 0 Å². The molecule has 0 saturated carbocycles. The molecule has 8 heteroatoms. The number of carbonyl (C=O) groups excluding carboxylic acids is 2. The number of amides is 2. The number of anilines is 3. The van der Waals surface area contributed by atoms with Gasteiger partial charge in [-0.25, -0.2) is 4.98 Å². The molecule has 2 rings (SSSR count). The summed E-state index contributed by atoms with van der Waals surface area (Å²) in [5.74, 6) is 7.26. The molecule has 0 unspecified atom stereocenters. The topological polar surface area (TPSA) is 99.2 Å². The second-order valence-corrected chi connectivity index (χ2v) is 7.15. The lowest BCUT2D eigenvalue weighted by atomic mass is 10.2. The van der Waals surface area contributed by atoms with Crippen LogP contribution in [0.2, 0.25) is 0 Å². The van der Waals surface area contributed by atoms with E-state index < -0.39 is 0 Å². The van der Waals surface area contributed by atoms with Gasteiger partial charge >= 0.3 is 0 Å². The molecule has 0 fully saturated rings. The molecule has 2 amide bonds. The van der Waals surface area contributed by atoms with Crippen molar-refractivity contribution in [1.29, 1.82) is 0 Å². The van der Waals surface area contributed by atoms with Gasteiger partial charge in [0, 0.05) is 32.2 Å². The van der Waals surface area contributed by atoms with Crippen LogP contribution in [0.4, 0.5) is 17.5 Å². The predicted octanol–water partition coefficient (Wildman–Crippen LogP) is 2.69. The first-order valence-corrected chi connectivity index (χ1v) is 10.4. The van der Waals surface area contributed by atoms with Gasteiger partial charge in [-0.15, -0.1) is 0 Å². The number of hydrogen-bond acceptors (Lipinski definition) is 6. The van der Waals surface area contributed by atoms with E-state index in [-0.39, 0.29) is 12.5 Å². The molecule has 0 aliphatic heterocycles. The summed E-state index contributed by atoms with van der Waals surface area (Å²) >= 11 is 0. The molecule has 0 aliphatic carbocycles. The van der Waals surface area contributed by atoms with E-state index in [1.54, 1.807) is 13.2 Å². The number of nitrogens with one attached hydrogen (secondary N) is 3. The summed E-state index contributed by atoms with van der Waals surface area (Å²) in [5, 5.41) is 9.28. The van der Waals surface area contributed by atoms with Gasteiger partial charge in [-0.3, -0.25) is 9.59 Å². The first-order valence-electron chi connectivity index (χ1n) is 10.4. The quantitative estimate of drug-likeness (QED) is 0.293. The minimum atomic E-state index is -0.182. The third-order valence-electron chi connectivity index (χ3n) is 4.24. The fraction of sp³-hybridized carbons (Fsp3) is 0.391. The Balaban J connectivity index is 1.93. The summed E-state index contributed by atoms with van der Waals surface area (Å²) in [6, 6.07) is 8.03. The molecule has 0 saturated heterocycles. The van der Waals surface area contributed by atoms with Gasteiger partial charge in [-0.2, -0.15) is 4.98 Å². The van der Waals surface area contributed by atoms with Gasteiger partial charge in [-0.1, -0.05) is 36.5 Å². The highest BCUT2D eigenvalue weighted by Crippen LogP contribution is 2.17. The molecule has 0 bridgehead atoms. The molecule has 31 heavy (non-hydrogen) atoms. The van der Waals surface area contributed by atoms with Gasteiger partial charge in [0.1, 0.15) is 5.82 Å². The van der Waals surface area contributed by atoms with Crippen molar-refractivity contribution in [2.45, 2.75) is 33.1 Å². The maximum absolute atomic E-state index is 11.6. The lowest BCUT2D eigenvalue weighted by Gasteiger charge is -2.10. The number of likely N-dealkylation sites (N-methyl/N-ethyl adjacent to an activating group) is 1. The Bertz CT molecular complexity index is 918. The molecule has 1 heterocycles. The van der Waals surface area contributed by atoms with E-state index in [9.17, 15) is 9.59 Å². The van der Waals surface area contributed by atoms with Crippen LogP contribution < -0.4 is 16.0 Å². The summed E-state index contributed by atoms with van der Waals surface area (Å²) in [5.41, 5.74) is 2.85. The molecular weight excluding hydrogens is 392 g/mol. The van der Waals surface area contributed by atoms with Crippen molar-refractivity contribution in [3.05, 3.63) is 41.6 Å². The highest BCUT2D eigenvalue weighted by Gasteiger charge is 2.06. The maximum Gasteiger partial charge on any atom is 0.239 e. The molecule has 164 valence electrons. The Morgan fingerprint density at radius 3 is 2.71 bits per heavy atom. The number of benzene rings is 1. The average molecular weight is 423 g/mol. The van der Waals surface area contributed by atoms with Crippen LogP contribution in [0.1, 0.15) is 37.3 Å². The average Bonchev–Trinajstić information content (AvgIpc) is 2.77. The lowest BCUT2D eigenvalue weighted by molar-refractivity contribution is -0.127. The lowest BCUT2D eigenvalue weighted by Crippen LogP contribution is -2.34.